The number of hydrogen-bond donors (Lipinski definition) is 0. The van der Waals surface area contributed by atoms with Crippen molar-refractivity contribution in [1.82, 2.24) is 0 Å². The van der Waals surface area contributed by atoms with Gasteiger partial charge in [0.15, 0.2) is 0 Å². The minimum Gasteiger partial charge on any atom is -0.0995 e. The summed E-state index contributed by atoms with van der Waals surface area (Å²) in [6.45, 7) is 11.7. The second-order valence-corrected chi connectivity index (χ2v) is 6.89. The highest BCUT2D eigenvalue weighted by atomic mass is 14.6. The van der Waals surface area contributed by atoms with Gasteiger partial charge in [-0.15, -0.1) is 0 Å². The Balaban J connectivity index is 2.13. The monoisotopic (exact) mass is 216 g/mol. The van der Waals surface area contributed by atoms with Crippen molar-refractivity contribution in [1.29, 1.82) is 0 Å². The second-order valence-electron chi connectivity index (χ2n) is 6.89. The molecule has 4 aliphatic rings. The van der Waals surface area contributed by atoms with Crippen molar-refractivity contribution in [2.24, 2.45) is 28.6 Å². The lowest BCUT2D eigenvalue weighted by atomic mass is 9.46. The molecule has 0 amide bonds. The van der Waals surface area contributed by atoms with Crippen LogP contribution >= 0.6 is 0 Å². The molecule has 0 aromatic heterocycles. The lowest BCUT2D eigenvalue weighted by Crippen LogP contribution is -2.50. The summed E-state index contributed by atoms with van der Waals surface area (Å²) in [6, 6.07) is 0. The summed E-state index contributed by atoms with van der Waals surface area (Å²) in [5, 5.41) is 0. The van der Waals surface area contributed by atoms with E-state index >= 15 is 0 Å². The molecule has 4 atom stereocenters. The Labute approximate surface area is 99.8 Å². The van der Waals surface area contributed by atoms with E-state index in [9.17, 15) is 0 Å². The Kier molecular flexibility index (Phi) is 2.01. The molecular formula is C16H24. The summed E-state index contributed by atoms with van der Waals surface area (Å²) >= 11 is 0. The Morgan fingerprint density at radius 2 is 2.06 bits per heavy atom. The third-order valence-corrected chi connectivity index (χ3v) is 5.99. The first-order chi connectivity index (χ1) is 7.50. The molecule has 0 heterocycles. The molecule has 0 heteroatoms. The topological polar surface area (TPSA) is 0 Å². The Morgan fingerprint density at radius 1 is 1.31 bits per heavy atom. The largest absolute Gasteiger partial charge is 0.0995 e. The fourth-order valence-electron chi connectivity index (χ4n) is 4.82. The minimum atomic E-state index is 0.454. The van der Waals surface area contributed by atoms with Gasteiger partial charge >= 0.3 is 0 Å². The molecule has 2 bridgehead atoms. The predicted octanol–water partition coefficient (Wildman–Crippen LogP) is 4.58. The van der Waals surface area contributed by atoms with E-state index in [-0.39, 0.29) is 0 Å². The maximum atomic E-state index is 4.38. The highest BCUT2D eigenvalue weighted by molar-refractivity contribution is 5.31. The van der Waals surface area contributed by atoms with Gasteiger partial charge in [0.25, 0.3) is 0 Å². The first-order valence-electron chi connectivity index (χ1n) is 6.88. The lowest BCUT2D eigenvalue weighted by Gasteiger charge is -2.58. The first-order valence-corrected chi connectivity index (χ1v) is 6.88. The van der Waals surface area contributed by atoms with Gasteiger partial charge in [0.1, 0.15) is 0 Å². The second kappa shape index (κ2) is 3.03. The lowest BCUT2D eigenvalue weighted by molar-refractivity contribution is -0.00777. The molecule has 4 unspecified atom stereocenters. The van der Waals surface area contributed by atoms with Crippen molar-refractivity contribution >= 4 is 0 Å². The summed E-state index contributed by atoms with van der Waals surface area (Å²) < 4.78 is 0. The van der Waals surface area contributed by atoms with Gasteiger partial charge in [0.05, 0.1) is 0 Å². The molecule has 16 heavy (non-hydrogen) atoms. The summed E-state index contributed by atoms with van der Waals surface area (Å²) in [7, 11) is 0. The van der Waals surface area contributed by atoms with E-state index in [1.165, 1.54) is 25.7 Å². The van der Waals surface area contributed by atoms with Crippen LogP contribution in [0.5, 0.6) is 0 Å². The van der Waals surface area contributed by atoms with E-state index in [2.05, 4.69) is 39.5 Å². The van der Waals surface area contributed by atoms with Crippen molar-refractivity contribution in [3.8, 4) is 0 Å². The van der Waals surface area contributed by atoms with Crippen LogP contribution in [0.2, 0.25) is 0 Å². The molecule has 2 saturated carbocycles. The molecule has 88 valence electrons. The number of hydrogen-bond acceptors (Lipinski definition) is 0. The molecule has 0 radical (unpaired) electrons. The van der Waals surface area contributed by atoms with E-state index < -0.39 is 0 Å². The molecule has 0 nitrogen and oxygen atoms in total. The third kappa shape index (κ3) is 1.06. The fraction of sp³-hybridized carbons (Fsp3) is 0.750. The van der Waals surface area contributed by atoms with Crippen molar-refractivity contribution in [2.45, 2.75) is 46.5 Å². The first kappa shape index (κ1) is 10.6. The summed E-state index contributed by atoms with van der Waals surface area (Å²) in [4.78, 5) is 0. The van der Waals surface area contributed by atoms with E-state index in [1.54, 1.807) is 5.57 Å². The van der Waals surface area contributed by atoms with Crippen LogP contribution in [0.3, 0.4) is 0 Å². The van der Waals surface area contributed by atoms with E-state index in [1.807, 2.05) is 0 Å². The van der Waals surface area contributed by atoms with Crippen molar-refractivity contribution in [3.05, 3.63) is 24.3 Å². The smallest absolute Gasteiger partial charge is 0.00265 e. The SMILES string of the molecule is C=C1CCC2C1C1(C(C)C)C=CC2(C)CC1. The van der Waals surface area contributed by atoms with Crippen LogP contribution in [-0.4, -0.2) is 0 Å². The standard InChI is InChI=1S/C16H24/c1-11(2)16-9-7-15(4,8-10-16)13-6-5-12(3)14(13)16/h7,9,11,13-14H,3,5-6,8,10H2,1-2,4H3. The van der Waals surface area contributed by atoms with Crippen molar-refractivity contribution in [2.75, 3.05) is 0 Å². The van der Waals surface area contributed by atoms with Crippen LogP contribution in [0.25, 0.3) is 0 Å². The van der Waals surface area contributed by atoms with Gasteiger partial charge in [-0.1, -0.05) is 45.1 Å². The average Bonchev–Trinajstić information content (AvgIpc) is 2.64. The van der Waals surface area contributed by atoms with Gasteiger partial charge in [0.2, 0.25) is 0 Å². The Morgan fingerprint density at radius 3 is 2.62 bits per heavy atom. The summed E-state index contributed by atoms with van der Waals surface area (Å²) in [5.41, 5.74) is 2.49. The number of fused-ring (bicyclic) bond motifs is 1. The number of rotatable bonds is 1. The Bertz CT molecular complexity index is 362. The van der Waals surface area contributed by atoms with Gasteiger partial charge in [-0.25, -0.2) is 0 Å². The number of allylic oxidation sites excluding steroid dienone is 3. The molecule has 0 aromatic carbocycles. The quantitative estimate of drug-likeness (QED) is 0.563. The van der Waals surface area contributed by atoms with Crippen LogP contribution in [-0.2, 0) is 0 Å². The van der Waals surface area contributed by atoms with Gasteiger partial charge in [-0.3, -0.25) is 0 Å². The van der Waals surface area contributed by atoms with Crippen molar-refractivity contribution < 1.29 is 0 Å². The molecule has 2 fully saturated rings. The molecule has 0 N–H and O–H groups in total. The van der Waals surface area contributed by atoms with Crippen molar-refractivity contribution in [3.63, 3.8) is 0 Å². The van der Waals surface area contributed by atoms with Gasteiger partial charge in [-0.2, -0.15) is 0 Å². The van der Waals surface area contributed by atoms with Crippen LogP contribution in [0.4, 0.5) is 0 Å². The van der Waals surface area contributed by atoms with E-state index in [4.69, 9.17) is 0 Å². The van der Waals surface area contributed by atoms with Gasteiger partial charge in [-0.05, 0) is 54.3 Å². The highest BCUT2D eigenvalue weighted by Crippen LogP contribution is 2.67. The van der Waals surface area contributed by atoms with Crippen LogP contribution in [0.15, 0.2) is 24.3 Å². The Hall–Kier alpha value is -0.520. The molecule has 4 aliphatic carbocycles. The van der Waals surface area contributed by atoms with Gasteiger partial charge < -0.3 is 0 Å². The molecule has 0 aliphatic heterocycles. The predicted molar refractivity (Wildman–Crippen MR) is 69.1 cm³/mol. The minimum absolute atomic E-state index is 0.454. The zero-order valence-corrected chi connectivity index (χ0v) is 10.9. The third-order valence-electron chi connectivity index (χ3n) is 5.99. The zero-order chi connectivity index (χ0) is 11.6. The maximum absolute atomic E-state index is 4.38. The normalized spacial score (nSPS) is 50.1. The molecule has 4 rings (SSSR count). The van der Waals surface area contributed by atoms with Crippen LogP contribution in [0.1, 0.15) is 46.5 Å². The summed E-state index contributed by atoms with van der Waals surface area (Å²) in [5.74, 6) is 2.44. The van der Waals surface area contributed by atoms with Gasteiger partial charge in [0, 0.05) is 0 Å². The molecule has 0 aromatic rings. The van der Waals surface area contributed by atoms with Crippen LogP contribution < -0.4 is 0 Å². The molecule has 0 saturated heterocycles. The fourth-order valence-corrected chi connectivity index (χ4v) is 4.82. The zero-order valence-electron chi connectivity index (χ0n) is 10.9. The van der Waals surface area contributed by atoms with Crippen LogP contribution in [0, 0.1) is 28.6 Å². The van der Waals surface area contributed by atoms with E-state index in [0.29, 0.717) is 10.8 Å². The summed E-state index contributed by atoms with van der Waals surface area (Å²) in [6.07, 6.45) is 10.6. The molecule has 0 spiro atoms. The maximum Gasteiger partial charge on any atom is -0.00265 e. The highest BCUT2D eigenvalue weighted by Gasteiger charge is 2.58. The average molecular weight is 216 g/mol. The molecular weight excluding hydrogens is 192 g/mol. The van der Waals surface area contributed by atoms with E-state index in [0.717, 1.165) is 17.8 Å².